The fourth-order valence-electron chi connectivity index (χ4n) is 0.824. The normalized spacial score (nSPS) is 12.1. The minimum Gasteiger partial charge on any atom is -0.348 e. The standard InChI is InChI=1S/C10H20N2O3P/c1-5-10(13)11-6-9-16(14)15-8-7-12(2,3)4/h5H,1,6-9H2,2-4H3/q+1/p+1. The third-order valence-corrected chi connectivity index (χ3v) is 2.84. The van der Waals surface area contributed by atoms with Crippen LogP contribution in [0.1, 0.15) is 0 Å². The molecule has 0 bridgehead atoms. The zero-order valence-corrected chi connectivity index (χ0v) is 11.1. The molecule has 1 unspecified atom stereocenters. The van der Waals surface area contributed by atoms with Crippen molar-refractivity contribution in [3.05, 3.63) is 12.7 Å². The number of carbonyl (C=O) groups excluding carboxylic acids is 1. The molecule has 0 aliphatic carbocycles. The highest BCUT2D eigenvalue weighted by Crippen LogP contribution is 2.20. The second-order valence-electron chi connectivity index (χ2n) is 4.40. The second kappa shape index (κ2) is 7.49. The summed E-state index contributed by atoms with van der Waals surface area (Å²) in [6, 6.07) is 0. The molecule has 0 aromatic heterocycles. The van der Waals surface area contributed by atoms with Gasteiger partial charge in [-0.2, -0.15) is 0 Å². The Balaban J connectivity index is 3.53. The fraction of sp³-hybridized carbons (Fsp3) is 0.700. The predicted molar refractivity (Wildman–Crippen MR) is 64.5 cm³/mol. The van der Waals surface area contributed by atoms with E-state index in [1.807, 2.05) is 21.1 Å². The van der Waals surface area contributed by atoms with Crippen LogP contribution >= 0.6 is 8.03 Å². The van der Waals surface area contributed by atoms with Crippen LogP contribution in [0.4, 0.5) is 0 Å². The van der Waals surface area contributed by atoms with Crippen LogP contribution in [0.5, 0.6) is 0 Å². The summed E-state index contributed by atoms with van der Waals surface area (Å²) in [5.41, 5.74) is 0. The summed E-state index contributed by atoms with van der Waals surface area (Å²) in [7, 11) is 4.45. The number of likely N-dealkylation sites (N-methyl/N-ethyl adjacent to an activating group) is 1. The first-order valence-corrected chi connectivity index (χ1v) is 6.50. The van der Waals surface area contributed by atoms with E-state index in [9.17, 15) is 9.36 Å². The summed E-state index contributed by atoms with van der Waals surface area (Å²) in [6.07, 6.45) is 1.52. The average Bonchev–Trinajstić information content (AvgIpc) is 2.15. The van der Waals surface area contributed by atoms with Gasteiger partial charge >= 0.3 is 8.03 Å². The molecule has 0 aliphatic heterocycles. The quantitative estimate of drug-likeness (QED) is 0.392. The van der Waals surface area contributed by atoms with E-state index in [2.05, 4.69) is 11.9 Å². The van der Waals surface area contributed by atoms with E-state index in [0.717, 1.165) is 11.0 Å². The predicted octanol–water partition coefficient (Wildman–Crippen LogP) is 0.754. The van der Waals surface area contributed by atoms with E-state index >= 15 is 0 Å². The molecule has 1 atom stereocenters. The molecule has 0 heterocycles. The molecule has 6 heteroatoms. The molecular formula is C10H21N2O3P+2. The summed E-state index contributed by atoms with van der Waals surface area (Å²) >= 11 is 0. The van der Waals surface area contributed by atoms with Gasteiger partial charge in [-0.15, -0.1) is 4.52 Å². The van der Waals surface area contributed by atoms with Crippen LogP contribution < -0.4 is 5.32 Å². The first kappa shape index (κ1) is 15.2. The van der Waals surface area contributed by atoms with Crippen molar-refractivity contribution in [1.82, 2.24) is 5.32 Å². The molecule has 0 radical (unpaired) electrons. The van der Waals surface area contributed by atoms with E-state index in [1.54, 1.807) is 0 Å². The summed E-state index contributed by atoms with van der Waals surface area (Å²) in [4.78, 5) is 10.8. The number of nitrogens with zero attached hydrogens (tertiary/aromatic N) is 1. The van der Waals surface area contributed by atoms with Crippen LogP contribution in [0.2, 0.25) is 0 Å². The van der Waals surface area contributed by atoms with Gasteiger partial charge in [-0.3, -0.25) is 4.79 Å². The van der Waals surface area contributed by atoms with Gasteiger partial charge in [0.2, 0.25) is 5.91 Å². The molecule has 0 fully saturated rings. The molecule has 0 spiro atoms. The monoisotopic (exact) mass is 248 g/mol. The molecule has 0 saturated carbocycles. The molecule has 0 rings (SSSR count). The van der Waals surface area contributed by atoms with Crippen LogP contribution in [0.3, 0.4) is 0 Å². The Morgan fingerprint density at radius 3 is 2.62 bits per heavy atom. The number of hydrogen-bond acceptors (Lipinski definition) is 3. The maximum Gasteiger partial charge on any atom is 0.510 e. The van der Waals surface area contributed by atoms with E-state index < -0.39 is 8.03 Å². The van der Waals surface area contributed by atoms with Crippen LogP contribution in [0.15, 0.2) is 12.7 Å². The van der Waals surface area contributed by atoms with Crippen molar-refractivity contribution in [2.45, 2.75) is 0 Å². The number of quaternary nitrogens is 1. The molecule has 0 aliphatic rings. The Morgan fingerprint density at radius 2 is 2.12 bits per heavy atom. The van der Waals surface area contributed by atoms with Gasteiger partial charge in [0.1, 0.15) is 6.54 Å². The highest BCUT2D eigenvalue weighted by Gasteiger charge is 2.19. The summed E-state index contributed by atoms with van der Waals surface area (Å²) < 4.78 is 17.3. The fourth-order valence-corrected chi connectivity index (χ4v) is 1.53. The Labute approximate surface area is 97.9 Å². The van der Waals surface area contributed by atoms with Gasteiger partial charge in [0.25, 0.3) is 0 Å². The Hall–Kier alpha value is -0.770. The van der Waals surface area contributed by atoms with Gasteiger partial charge in [0, 0.05) is 0 Å². The molecule has 16 heavy (non-hydrogen) atoms. The van der Waals surface area contributed by atoms with Crippen LogP contribution in [0.25, 0.3) is 0 Å². The number of nitrogens with one attached hydrogen (secondary N) is 1. The van der Waals surface area contributed by atoms with Crippen molar-refractivity contribution in [2.75, 3.05) is 47.0 Å². The lowest BCUT2D eigenvalue weighted by Crippen LogP contribution is -2.37. The zero-order valence-electron chi connectivity index (χ0n) is 10.2. The Kier molecular flexibility index (Phi) is 7.13. The summed E-state index contributed by atoms with van der Waals surface area (Å²) in [5, 5.41) is 2.55. The van der Waals surface area contributed by atoms with E-state index in [-0.39, 0.29) is 5.91 Å². The average molecular weight is 248 g/mol. The number of carbonyl (C=O) groups is 1. The molecule has 0 aromatic carbocycles. The van der Waals surface area contributed by atoms with Gasteiger partial charge < -0.3 is 9.80 Å². The third kappa shape index (κ3) is 9.77. The van der Waals surface area contributed by atoms with Crippen molar-refractivity contribution >= 4 is 13.9 Å². The smallest absolute Gasteiger partial charge is 0.348 e. The lowest BCUT2D eigenvalue weighted by molar-refractivity contribution is -0.870. The first-order valence-electron chi connectivity index (χ1n) is 5.13. The maximum atomic E-state index is 11.3. The molecule has 1 amide bonds. The molecule has 0 aromatic rings. The first-order chi connectivity index (χ1) is 7.35. The summed E-state index contributed by atoms with van der Waals surface area (Å²) in [5.74, 6) is -0.255. The topological polar surface area (TPSA) is 55.4 Å². The number of amides is 1. The molecule has 0 saturated heterocycles. The largest absolute Gasteiger partial charge is 0.510 e. The Bertz CT molecular complexity index is 261. The lowest BCUT2D eigenvalue weighted by Gasteiger charge is -2.21. The minimum atomic E-state index is -1.68. The van der Waals surface area contributed by atoms with Crippen molar-refractivity contribution < 1.29 is 18.4 Å². The minimum absolute atomic E-state index is 0.255. The molecule has 5 nitrogen and oxygen atoms in total. The lowest BCUT2D eigenvalue weighted by atomic mass is 10.5. The number of hydrogen-bond donors (Lipinski definition) is 1. The Morgan fingerprint density at radius 1 is 1.50 bits per heavy atom. The van der Waals surface area contributed by atoms with Crippen molar-refractivity contribution in [3.63, 3.8) is 0 Å². The van der Waals surface area contributed by atoms with Gasteiger partial charge in [0.05, 0.1) is 27.7 Å². The molecule has 1 N–H and O–H groups in total. The van der Waals surface area contributed by atoms with Crippen molar-refractivity contribution in [3.8, 4) is 0 Å². The van der Waals surface area contributed by atoms with E-state index in [0.29, 0.717) is 19.3 Å². The molecular weight excluding hydrogens is 227 g/mol. The van der Waals surface area contributed by atoms with Crippen LogP contribution in [-0.2, 0) is 13.9 Å². The number of rotatable bonds is 8. The maximum absolute atomic E-state index is 11.3. The highest BCUT2D eigenvalue weighted by molar-refractivity contribution is 7.39. The summed E-state index contributed by atoms with van der Waals surface area (Å²) in [6.45, 7) is 4.94. The van der Waals surface area contributed by atoms with Crippen molar-refractivity contribution in [1.29, 1.82) is 0 Å². The zero-order chi connectivity index (χ0) is 12.6. The second-order valence-corrected chi connectivity index (χ2v) is 5.77. The third-order valence-electron chi connectivity index (χ3n) is 1.78. The SMILES string of the molecule is C=CC(=O)NCC[P+](=O)OCC[N+](C)(C)C. The highest BCUT2D eigenvalue weighted by atomic mass is 31.1. The van der Waals surface area contributed by atoms with Gasteiger partial charge in [-0.25, -0.2) is 0 Å². The van der Waals surface area contributed by atoms with E-state index in [1.165, 1.54) is 6.08 Å². The van der Waals surface area contributed by atoms with Gasteiger partial charge in [0.15, 0.2) is 12.8 Å². The van der Waals surface area contributed by atoms with Gasteiger partial charge in [-0.1, -0.05) is 6.58 Å². The van der Waals surface area contributed by atoms with E-state index in [4.69, 9.17) is 4.52 Å². The molecule has 92 valence electrons. The van der Waals surface area contributed by atoms with Crippen LogP contribution in [-0.4, -0.2) is 57.4 Å². The van der Waals surface area contributed by atoms with Gasteiger partial charge in [-0.05, 0) is 10.6 Å². The van der Waals surface area contributed by atoms with Crippen molar-refractivity contribution in [2.24, 2.45) is 0 Å². The van der Waals surface area contributed by atoms with Crippen LogP contribution in [0, 0.1) is 0 Å².